The second-order valence-electron chi connectivity index (χ2n) is 6.68. The average Bonchev–Trinajstić information content (AvgIpc) is 2.97. The first-order chi connectivity index (χ1) is 14.5. The zero-order valence-electron chi connectivity index (χ0n) is 16.4. The Labute approximate surface area is 196 Å². The molecular weight excluding hydrogens is 552 g/mol. The van der Waals surface area contributed by atoms with Crippen LogP contribution in [0, 0.1) is 13.8 Å². The number of carbonyl (C=O) groups excluding carboxylic acids is 1. The minimum Gasteiger partial charge on any atom is -0.506 e. The lowest BCUT2D eigenvalue weighted by atomic mass is 10.2. The number of nitrogens with one attached hydrogen (secondary N) is 1. The highest BCUT2D eigenvalue weighted by Crippen LogP contribution is 2.31. The van der Waals surface area contributed by atoms with E-state index in [0.717, 1.165) is 22.6 Å². The molecule has 0 saturated heterocycles. The third-order valence-corrected chi connectivity index (χ3v) is 6.53. The Morgan fingerprint density at radius 2 is 1.81 bits per heavy atom. The molecule has 0 aliphatic carbocycles. The number of aromatic nitrogens is 1. The van der Waals surface area contributed by atoms with Crippen molar-refractivity contribution in [1.82, 2.24) is 9.99 Å². The number of rotatable bonds is 5. The fraction of sp³-hybridized carbons (Fsp3) is 0.100. The number of phenols is 1. The Kier molecular flexibility index (Phi) is 6.70. The van der Waals surface area contributed by atoms with Crippen LogP contribution in [0.4, 0.5) is 0 Å². The van der Waals surface area contributed by atoms with Gasteiger partial charge in [-0.25, -0.2) is 19.0 Å². The molecule has 0 bridgehead atoms. The zero-order chi connectivity index (χ0) is 22.9. The molecule has 0 fully saturated rings. The molecule has 4 N–H and O–H groups in total. The van der Waals surface area contributed by atoms with Crippen LogP contribution in [0.15, 0.2) is 61.4 Å². The van der Waals surface area contributed by atoms with Gasteiger partial charge in [0.1, 0.15) is 5.75 Å². The predicted molar refractivity (Wildman–Crippen MR) is 125 cm³/mol. The molecule has 0 saturated carbocycles. The summed E-state index contributed by atoms with van der Waals surface area (Å²) in [5, 5.41) is 19.2. The van der Waals surface area contributed by atoms with Crippen molar-refractivity contribution in [3.63, 3.8) is 0 Å². The van der Waals surface area contributed by atoms with Gasteiger partial charge in [-0.05, 0) is 72.2 Å². The SMILES string of the molecule is Cc1cc(/C=N\NC(=O)c2cc(Br)cc(Br)c2O)c(C)n1-c1ccc(S(N)(=O)=O)cc1. The molecule has 1 amide bonds. The van der Waals surface area contributed by atoms with Crippen LogP contribution in [0.2, 0.25) is 0 Å². The van der Waals surface area contributed by atoms with E-state index in [0.29, 0.717) is 8.95 Å². The van der Waals surface area contributed by atoms with Crippen molar-refractivity contribution in [3.8, 4) is 11.4 Å². The lowest BCUT2D eigenvalue weighted by Gasteiger charge is -2.10. The summed E-state index contributed by atoms with van der Waals surface area (Å²) < 4.78 is 25.8. The number of hydrogen-bond acceptors (Lipinski definition) is 5. The van der Waals surface area contributed by atoms with Crippen molar-refractivity contribution in [2.75, 3.05) is 0 Å². The molecule has 8 nitrogen and oxygen atoms in total. The van der Waals surface area contributed by atoms with E-state index in [-0.39, 0.29) is 16.2 Å². The Morgan fingerprint density at radius 3 is 2.42 bits per heavy atom. The van der Waals surface area contributed by atoms with Crippen LogP contribution in [0.3, 0.4) is 0 Å². The first kappa shape index (κ1) is 23.2. The molecular formula is C20H18Br2N4O4S. The molecule has 0 spiro atoms. The molecule has 3 aromatic rings. The van der Waals surface area contributed by atoms with Gasteiger partial charge in [0.25, 0.3) is 5.91 Å². The van der Waals surface area contributed by atoms with Crippen molar-refractivity contribution in [3.05, 3.63) is 73.9 Å². The van der Waals surface area contributed by atoms with E-state index in [9.17, 15) is 18.3 Å². The number of phenolic OH excluding ortho intramolecular Hbond substituents is 1. The van der Waals surface area contributed by atoms with Crippen molar-refractivity contribution in [2.24, 2.45) is 10.2 Å². The Morgan fingerprint density at radius 1 is 1.16 bits per heavy atom. The lowest BCUT2D eigenvalue weighted by molar-refractivity contribution is 0.0952. The van der Waals surface area contributed by atoms with Gasteiger partial charge in [-0.15, -0.1) is 0 Å². The maximum Gasteiger partial charge on any atom is 0.275 e. The maximum absolute atomic E-state index is 12.4. The number of aryl methyl sites for hydroxylation is 1. The number of benzene rings is 2. The summed E-state index contributed by atoms with van der Waals surface area (Å²) in [7, 11) is -3.76. The number of nitrogens with two attached hydrogens (primary N) is 1. The van der Waals surface area contributed by atoms with E-state index in [1.54, 1.807) is 18.2 Å². The van der Waals surface area contributed by atoms with Gasteiger partial charge in [-0.3, -0.25) is 4.79 Å². The molecule has 11 heteroatoms. The summed E-state index contributed by atoms with van der Waals surface area (Å²) in [5.74, 6) is -0.750. The Hall–Kier alpha value is -2.47. The maximum atomic E-state index is 12.4. The van der Waals surface area contributed by atoms with Crippen LogP contribution in [0.1, 0.15) is 27.3 Å². The van der Waals surface area contributed by atoms with Gasteiger partial charge in [0, 0.05) is 27.1 Å². The van der Waals surface area contributed by atoms with Crippen molar-refractivity contribution in [1.29, 1.82) is 0 Å². The topological polar surface area (TPSA) is 127 Å². The normalized spacial score (nSPS) is 11.8. The number of sulfonamides is 1. The third-order valence-electron chi connectivity index (χ3n) is 4.54. The highest BCUT2D eigenvalue weighted by Gasteiger charge is 2.15. The highest BCUT2D eigenvalue weighted by atomic mass is 79.9. The smallest absolute Gasteiger partial charge is 0.275 e. The quantitative estimate of drug-likeness (QED) is 0.319. The molecule has 2 aromatic carbocycles. The van der Waals surface area contributed by atoms with E-state index in [1.807, 2.05) is 24.5 Å². The second kappa shape index (κ2) is 8.95. The van der Waals surface area contributed by atoms with Crippen molar-refractivity contribution < 1.29 is 18.3 Å². The van der Waals surface area contributed by atoms with Crippen LogP contribution in [0.25, 0.3) is 5.69 Å². The standard InChI is InChI=1S/C20H18Br2N4O4S/c1-11-7-13(10-24-25-20(28)17-8-14(21)9-18(22)19(17)27)12(2)26(11)15-3-5-16(6-4-15)31(23,29)30/h3-10,27H,1-2H3,(H,25,28)(H2,23,29,30)/b24-10-. The van der Waals surface area contributed by atoms with Crippen LogP contribution in [0.5, 0.6) is 5.75 Å². The fourth-order valence-electron chi connectivity index (χ4n) is 3.06. The lowest BCUT2D eigenvalue weighted by Crippen LogP contribution is -2.18. The van der Waals surface area contributed by atoms with E-state index >= 15 is 0 Å². The summed E-state index contributed by atoms with van der Waals surface area (Å²) in [5.41, 5.74) is 5.72. The fourth-order valence-corrected chi connectivity index (χ4v) is 4.80. The second-order valence-corrected chi connectivity index (χ2v) is 10.0. The zero-order valence-corrected chi connectivity index (χ0v) is 20.4. The summed E-state index contributed by atoms with van der Waals surface area (Å²) >= 11 is 6.46. The number of primary sulfonamides is 1. The molecule has 0 atom stereocenters. The van der Waals surface area contributed by atoms with Crippen molar-refractivity contribution >= 4 is 54.0 Å². The van der Waals surface area contributed by atoms with Gasteiger partial charge in [0.15, 0.2) is 0 Å². The Bertz CT molecular complexity index is 1300. The van der Waals surface area contributed by atoms with E-state index in [4.69, 9.17) is 5.14 Å². The number of carbonyl (C=O) groups is 1. The van der Waals surface area contributed by atoms with E-state index in [2.05, 4.69) is 42.4 Å². The van der Waals surface area contributed by atoms with Gasteiger partial charge < -0.3 is 9.67 Å². The molecule has 0 aliphatic rings. The molecule has 31 heavy (non-hydrogen) atoms. The molecule has 162 valence electrons. The number of aromatic hydroxyl groups is 1. The van der Waals surface area contributed by atoms with Crippen LogP contribution in [-0.4, -0.2) is 30.2 Å². The van der Waals surface area contributed by atoms with E-state index < -0.39 is 15.9 Å². The van der Waals surface area contributed by atoms with Gasteiger partial charge in [0.2, 0.25) is 10.0 Å². The average molecular weight is 570 g/mol. The minimum atomic E-state index is -3.76. The molecule has 3 rings (SSSR count). The minimum absolute atomic E-state index is 0.0330. The third kappa shape index (κ3) is 5.06. The number of hydrogen-bond donors (Lipinski definition) is 3. The predicted octanol–water partition coefficient (Wildman–Crippen LogP) is 3.74. The van der Waals surface area contributed by atoms with Gasteiger partial charge in [-0.2, -0.15) is 5.10 Å². The van der Waals surface area contributed by atoms with Gasteiger partial charge in [0.05, 0.1) is 21.1 Å². The monoisotopic (exact) mass is 568 g/mol. The summed E-state index contributed by atoms with van der Waals surface area (Å²) in [6.45, 7) is 3.77. The molecule has 0 aliphatic heterocycles. The molecule has 1 heterocycles. The number of hydrazone groups is 1. The van der Waals surface area contributed by atoms with Crippen LogP contribution in [-0.2, 0) is 10.0 Å². The first-order valence-electron chi connectivity index (χ1n) is 8.82. The van der Waals surface area contributed by atoms with E-state index in [1.165, 1.54) is 24.4 Å². The molecule has 1 aromatic heterocycles. The van der Waals surface area contributed by atoms with Gasteiger partial charge >= 0.3 is 0 Å². The largest absolute Gasteiger partial charge is 0.506 e. The summed E-state index contributed by atoms with van der Waals surface area (Å²) in [6.07, 6.45) is 1.50. The number of nitrogens with zero attached hydrogens (tertiary/aromatic N) is 2. The number of amides is 1. The number of halogens is 2. The van der Waals surface area contributed by atoms with Crippen LogP contribution >= 0.6 is 31.9 Å². The first-order valence-corrected chi connectivity index (χ1v) is 12.0. The van der Waals surface area contributed by atoms with Crippen LogP contribution < -0.4 is 10.6 Å². The van der Waals surface area contributed by atoms with Crippen molar-refractivity contribution in [2.45, 2.75) is 18.7 Å². The Balaban J connectivity index is 1.83. The highest BCUT2D eigenvalue weighted by molar-refractivity contribution is 9.11. The summed E-state index contributed by atoms with van der Waals surface area (Å²) in [6, 6.07) is 11.2. The molecule has 0 radical (unpaired) electrons. The van der Waals surface area contributed by atoms with Gasteiger partial charge in [-0.1, -0.05) is 15.9 Å². The molecule has 0 unspecified atom stereocenters. The summed E-state index contributed by atoms with van der Waals surface area (Å²) in [4.78, 5) is 12.4.